The van der Waals surface area contributed by atoms with E-state index in [9.17, 15) is 9.18 Å². The van der Waals surface area contributed by atoms with Gasteiger partial charge < -0.3 is 9.80 Å². The van der Waals surface area contributed by atoms with E-state index in [1.165, 1.54) is 6.07 Å². The van der Waals surface area contributed by atoms with Crippen LogP contribution in [-0.4, -0.2) is 48.9 Å². The van der Waals surface area contributed by atoms with Crippen molar-refractivity contribution in [2.75, 3.05) is 27.2 Å². The van der Waals surface area contributed by atoms with Crippen molar-refractivity contribution in [1.82, 2.24) is 9.80 Å². The van der Waals surface area contributed by atoms with Gasteiger partial charge >= 0.3 is 0 Å². The first kappa shape index (κ1) is 14.0. The topological polar surface area (TPSA) is 23.6 Å². The lowest BCUT2D eigenvalue weighted by Crippen LogP contribution is -2.47. The van der Waals surface area contributed by atoms with E-state index in [0.717, 1.165) is 25.9 Å². The fourth-order valence-corrected chi connectivity index (χ4v) is 2.52. The molecule has 0 aliphatic carbocycles. The highest BCUT2D eigenvalue weighted by molar-refractivity contribution is 5.94. The molecule has 19 heavy (non-hydrogen) atoms. The number of halogens is 1. The Kier molecular flexibility index (Phi) is 4.20. The Morgan fingerprint density at radius 1 is 1.42 bits per heavy atom. The number of rotatable bonds is 2. The van der Waals surface area contributed by atoms with Gasteiger partial charge in [0.15, 0.2) is 0 Å². The van der Waals surface area contributed by atoms with Gasteiger partial charge in [-0.15, -0.1) is 0 Å². The molecule has 104 valence electrons. The summed E-state index contributed by atoms with van der Waals surface area (Å²) < 4.78 is 13.2. The number of hydrogen-bond acceptors (Lipinski definition) is 2. The van der Waals surface area contributed by atoms with E-state index in [4.69, 9.17) is 0 Å². The van der Waals surface area contributed by atoms with Crippen LogP contribution in [0.3, 0.4) is 0 Å². The number of benzene rings is 1. The molecule has 3 nitrogen and oxygen atoms in total. The number of amides is 1. The number of carbonyl (C=O) groups is 1. The zero-order chi connectivity index (χ0) is 14.0. The van der Waals surface area contributed by atoms with Gasteiger partial charge in [-0.25, -0.2) is 4.39 Å². The first-order valence-electron chi connectivity index (χ1n) is 6.71. The number of nitrogens with zero attached hydrogens (tertiary/aromatic N) is 2. The molecule has 1 aliphatic rings. The summed E-state index contributed by atoms with van der Waals surface area (Å²) in [5, 5.41) is 0. The van der Waals surface area contributed by atoms with Crippen LogP contribution in [0, 0.1) is 12.7 Å². The van der Waals surface area contributed by atoms with Crippen LogP contribution in [0.5, 0.6) is 0 Å². The molecule has 1 aromatic rings. The van der Waals surface area contributed by atoms with E-state index in [1.54, 1.807) is 19.1 Å². The van der Waals surface area contributed by atoms with Gasteiger partial charge in [-0.05, 0) is 57.6 Å². The van der Waals surface area contributed by atoms with Gasteiger partial charge in [-0.2, -0.15) is 0 Å². The van der Waals surface area contributed by atoms with Crippen molar-refractivity contribution in [3.05, 3.63) is 35.1 Å². The Labute approximate surface area is 114 Å². The Morgan fingerprint density at radius 3 is 2.79 bits per heavy atom. The molecule has 1 saturated heterocycles. The predicted octanol–water partition coefficient (Wildman–Crippen LogP) is 2.30. The van der Waals surface area contributed by atoms with Crippen LogP contribution in [0.4, 0.5) is 4.39 Å². The SMILES string of the molecule is Cc1cc(C(=O)N2CCCC(N(C)C)C2)ccc1F. The summed E-state index contributed by atoms with van der Waals surface area (Å²) in [6.07, 6.45) is 2.15. The van der Waals surface area contributed by atoms with Crippen molar-refractivity contribution in [2.24, 2.45) is 0 Å². The smallest absolute Gasteiger partial charge is 0.253 e. The van der Waals surface area contributed by atoms with Crippen molar-refractivity contribution in [3.63, 3.8) is 0 Å². The minimum atomic E-state index is -0.263. The third kappa shape index (κ3) is 3.13. The molecule has 1 amide bonds. The second-order valence-corrected chi connectivity index (χ2v) is 5.47. The summed E-state index contributed by atoms with van der Waals surface area (Å²) in [6.45, 7) is 3.23. The number of likely N-dealkylation sites (N-methyl/N-ethyl adjacent to an activating group) is 1. The fourth-order valence-electron chi connectivity index (χ4n) is 2.52. The van der Waals surface area contributed by atoms with Gasteiger partial charge in [-0.3, -0.25) is 4.79 Å². The molecule has 0 radical (unpaired) electrons. The molecule has 0 saturated carbocycles. The van der Waals surface area contributed by atoms with Crippen LogP contribution in [0.1, 0.15) is 28.8 Å². The van der Waals surface area contributed by atoms with E-state index < -0.39 is 0 Å². The highest BCUT2D eigenvalue weighted by atomic mass is 19.1. The molecule has 4 heteroatoms. The molecule has 0 N–H and O–H groups in total. The van der Waals surface area contributed by atoms with Crippen molar-refractivity contribution < 1.29 is 9.18 Å². The minimum Gasteiger partial charge on any atom is -0.337 e. The van der Waals surface area contributed by atoms with E-state index >= 15 is 0 Å². The molecule has 1 aromatic carbocycles. The lowest BCUT2D eigenvalue weighted by Gasteiger charge is -2.36. The molecular formula is C15H21FN2O. The quantitative estimate of drug-likeness (QED) is 0.818. The second kappa shape index (κ2) is 5.70. The molecule has 0 aromatic heterocycles. The van der Waals surface area contributed by atoms with Gasteiger partial charge in [0, 0.05) is 24.7 Å². The lowest BCUT2D eigenvalue weighted by atomic mass is 10.0. The molecule has 0 spiro atoms. The Bertz CT molecular complexity index is 473. The number of piperidine rings is 1. The van der Waals surface area contributed by atoms with Crippen LogP contribution in [-0.2, 0) is 0 Å². The minimum absolute atomic E-state index is 0.00894. The van der Waals surface area contributed by atoms with Crippen LogP contribution < -0.4 is 0 Å². The molecule has 1 unspecified atom stereocenters. The maximum atomic E-state index is 13.2. The van der Waals surface area contributed by atoms with E-state index in [2.05, 4.69) is 4.90 Å². The standard InChI is InChI=1S/C15H21FN2O/c1-11-9-12(6-7-14(11)16)15(19)18-8-4-5-13(10-18)17(2)3/h6-7,9,13H,4-5,8,10H2,1-3H3. The third-order valence-corrected chi connectivity index (χ3v) is 3.82. The van der Waals surface area contributed by atoms with Gasteiger partial charge in [0.1, 0.15) is 5.82 Å². The molecule has 0 bridgehead atoms. The molecular weight excluding hydrogens is 243 g/mol. The summed E-state index contributed by atoms with van der Waals surface area (Å²) in [5.41, 5.74) is 1.10. The Morgan fingerprint density at radius 2 is 2.16 bits per heavy atom. The molecule has 1 atom stereocenters. The molecule has 1 fully saturated rings. The highest BCUT2D eigenvalue weighted by Crippen LogP contribution is 2.17. The number of carbonyl (C=O) groups excluding carboxylic acids is 1. The Hall–Kier alpha value is -1.42. The number of likely N-dealkylation sites (tertiary alicyclic amines) is 1. The van der Waals surface area contributed by atoms with Crippen molar-refractivity contribution in [2.45, 2.75) is 25.8 Å². The summed E-state index contributed by atoms with van der Waals surface area (Å²) in [4.78, 5) is 16.5. The van der Waals surface area contributed by atoms with Gasteiger partial charge in [-0.1, -0.05) is 0 Å². The Balaban J connectivity index is 2.12. The van der Waals surface area contributed by atoms with Gasteiger partial charge in [0.05, 0.1) is 0 Å². The zero-order valence-electron chi connectivity index (χ0n) is 11.8. The average molecular weight is 264 g/mol. The zero-order valence-corrected chi connectivity index (χ0v) is 11.8. The lowest BCUT2D eigenvalue weighted by molar-refractivity contribution is 0.0635. The molecule has 1 heterocycles. The molecule has 1 aliphatic heterocycles. The average Bonchev–Trinajstić information content (AvgIpc) is 2.41. The van der Waals surface area contributed by atoms with E-state index in [0.29, 0.717) is 17.2 Å². The third-order valence-electron chi connectivity index (χ3n) is 3.82. The van der Waals surface area contributed by atoms with Crippen molar-refractivity contribution >= 4 is 5.91 Å². The summed E-state index contributed by atoms with van der Waals surface area (Å²) in [6, 6.07) is 5.00. The number of aryl methyl sites for hydroxylation is 1. The predicted molar refractivity (Wildman–Crippen MR) is 73.7 cm³/mol. The summed E-state index contributed by atoms with van der Waals surface area (Å²) >= 11 is 0. The van der Waals surface area contributed by atoms with E-state index in [1.807, 2.05) is 19.0 Å². The monoisotopic (exact) mass is 264 g/mol. The fraction of sp³-hybridized carbons (Fsp3) is 0.533. The van der Waals surface area contributed by atoms with Crippen molar-refractivity contribution in [3.8, 4) is 0 Å². The van der Waals surface area contributed by atoms with Gasteiger partial charge in [0.2, 0.25) is 0 Å². The van der Waals surface area contributed by atoms with Crippen LogP contribution in [0.25, 0.3) is 0 Å². The maximum Gasteiger partial charge on any atom is 0.253 e. The maximum absolute atomic E-state index is 13.2. The van der Waals surface area contributed by atoms with E-state index in [-0.39, 0.29) is 11.7 Å². The van der Waals surface area contributed by atoms with Crippen molar-refractivity contribution in [1.29, 1.82) is 0 Å². The number of hydrogen-bond donors (Lipinski definition) is 0. The first-order chi connectivity index (χ1) is 8.99. The van der Waals surface area contributed by atoms with Crippen LogP contribution >= 0.6 is 0 Å². The normalized spacial score (nSPS) is 19.8. The van der Waals surface area contributed by atoms with Crippen LogP contribution in [0.15, 0.2) is 18.2 Å². The molecule has 2 rings (SSSR count). The van der Waals surface area contributed by atoms with Gasteiger partial charge in [0.25, 0.3) is 5.91 Å². The highest BCUT2D eigenvalue weighted by Gasteiger charge is 2.25. The second-order valence-electron chi connectivity index (χ2n) is 5.47. The summed E-state index contributed by atoms with van der Waals surface area (Å²) in [7, 11) is 4.08. The van der Waals surface area contributed by atoms with Crippen LogP contribution in [0.2, 0.25) is 0 Å². The largest absolute Gasteiger partial charge is 0.337 e. The first-order valence-corrected chi connectivity index (χ1v) is 6.71. The summed E-state index contributed by atoms with van der Waals surface area (Å²) in [5.74, 6) is -0.254.